The number of hydrogen-bond donors (Lipinski definition) is 3. The molecule has 0 saturated carbocycles. The Morgan fingerprint density at radius 2 is 2.09 bits per heavy atom. The molecule has 6 nitrogen and oxygen atoms in total. The second-order valence-electron chi connectivity index (χ2n) is 5.02. The van der Waals surface area contributed by atoms with E-state index in [9.17, 15) is 14.7 Å². The maximum absolute atomic E-state index is 12.2. The van der Waals surface area contributed by atoms with Gasteiger partial charge in [-0.1, -0.05) is 6.07 Å². The van der Waals surface area contributed by atoms with E-state index in [1.54, 1.807) is 36.4 Å². The molecule has 112 valence electrons. The van der Waals surface area contributed by atoms with Crippen molar-refractivity contribution >= 4 is 23.2 Å². The molecule has 0 atom stereocenters. The predicted octanol–water partition coefficient (Wildman–Crippen LogP) is 2.28. The number of aromatic hydroxyl groups is 1. The Morgan fingerprint density at radius 3 is 2.86 bits per heavy atom. The average molecular weight is 298 g/mol. The molecule has 3 N–H and O–H groups in total. The molecule has 1 heterocycles. The molecule has 0 aromatic heterocycles. The summed E-state index contributed by atoms with van der Waals surface area (Å²) in [5.74, 6) is -0.146. The van der Waals surface area contributed by atoms with E-state index in [4.69, 9.17) is 4.74 Å². The third-order valence-corrected chi connectivity index (χ3v) is 3.28. The summed E-state index contributed by atoms with van der Waals surface area (Å²) in [7, 11) is 0. The number of carbonyl (C=O) groups is 2. The molecule has 0 bridgehead atoms. The first-order valence-corrected chi connectivity index (χ1v) is 6.70. The highest BCUT2D eigenvalue weighted by Gasteiger charge is 2.18. The summed E-state index contributed by atoms with van der Waals surface area (Å²) in [6, 6.07) is 9.74. The Hall–Kier alpha value is -3.02. The molecule has 2 aromatic carbocycles. The van der Waals surface area contributed by atoms with Crippen molar-refractivity contribution in [2.24, 2.45) is 0 Å². The maximum Gasteiger partial charge on any atom is 0.262 e. The lowest BCUT2D eigenvalue weighted by atomic mass is 10.1. The van der Waals surface area contributed by atoms with E-state index >= 15 is 0 Å². The van der Waals surface area contributed by atoms with Gasteiger partial charge in [0, 0.05) is 5.56 Å². The normalized spacial score (nSPS) is 12.9. The molecule has 2 aromatic rings. The van der Waals surface area contributed by atoms with Crippen LogP contribution in [-0.2, 0) is 4.79 Å². The van der Waals surface area contributed by atoms with E-state index in [0.717, 1.165) is 5.56 Å². The molecule has 0 radical (unpaired) electrons. The summed E-state index contributed by atoms with van der Waals surface area (Å²) >= 11 is 0. The number of hydrogen-bond acceptors (Lipinski definition) is 4. The summed E-state index contributed by atoms with van der Waals surface area (Å²) in [5, 5.41) is 15.1. The van der Waals surface area contributed by atoms with Crippen LogP contribution in [0.5, 0.6) is 11.5 Å². The van der Waals surface area contributed by atoms with Gasteiger partial charge in [0.2, 0.25) is 0 Å². The topological polar surface area (TPSA) is 87.7 Å². The molecule has 0 fully saturated rings. The van der Waals surface area contributed by atoms with Crippen molar-refractivity contribution in [1.29, 1.82) is 0 Å². The third-order valence-electron chi connectivity index (χ3n) is 3.28. The Morgan fingerprint density at radius 1 is 1.27 bits per heavy atom. The van der Waals surface area contributed by atoms with Crippen LogP contribution in [-0.4, -0.2) is 23.5 Å². The highest BCUT2D eigenvalue weighted by Crippen LogP contribution is 2.29. The zero-order chi connectivity index (χ0) is 15.7. The lowest BCUT2D eigenvalue weighted by Crippen LogP contribution is -2.25. The van der Waals surface area contributed by atoms with Crippen LogP contribution in [0.4, 0.5) is 11.4 Å². The van der Waals surface area contributed by atoms with Crippen LogP contribution in [0.15, 0.2) is 36.4 Å². The summed E-state index contributed by atoms with van der Waals surface area (Å²) in [4.78, 5) is 23.4. The first-order valence-electron chi connectivity index (χ1n) is 6.70. The fourth-order valence-corrected chi connectivity index (χ4v) is 2.16. The fourth-order valence-electron chi connectivity index (χ4n) is 2.16. The number of phenolic OH excluding ortho intramolecular Hbond substituents is 1. The first-order chi connectivity index (χ1) is 10.5. The third kappa shape index (κ3) is 2.71. The monoisotopic (exact) mass is 298 g/mol. The molecule has 6 heteroatoms. The van der Waals surface area contributed by atoms with Crippen LogP contribution in [0.25, 0.3) is 0 Å². The van der Waals surface area contributed by atoms with Crippen LogP contribution in [0.1, 0.15) is 15.9 Å². The number of rotatable bonds is 2. The van der Waals surface area contributed by atoms with Crippen molar-refractivity contribution in [3.8, 4) is 11.5 Å². The van der Waals surface area contributed by atoms with Crippen molar-refractivity contribution in [3.63, 3.8) is 0 Å². The Kier molecular flexibility index (Phi) is 3.42. The molecule has 0 unspecified atom stereocenters. The van der Waals surface area contributed by atoms with Gasteiger partial charge >= 0.3 is 0 Å². The van der Waals surface area contributed by atoms with E-state index in [2.05, 4.69) is 10.6 Å². The van der Waals surface area contributed by atoms with Gasteiger partial charge in [0.15, 0.2) is 6.61 Å². The number of ether oxygens (including phenoxy) is 1. The summed E-state index contributed by atoms with van der Waals surface area (Å²) in [6.07, 6.45) is 0. The van der Waals surface area contributed by atoms with Gasteiger partial charge in [-0.2, -0.15) is 0 Å². The van der Waals surface area contributed by atoms with E-state index in [1.807, 2.05) is 6.92 Å². The van der Waals surface area contributed by atoms with E-state index in [-0.39, 0.29) is 24.2 Å². The molecule has 1 aliphatic rings. The first kappa shape index (κ1) is 13.9. The highest BCUT2D eigenvalue weighted by molar-refractivity contribution is 6.06. The van der Waals surface area contributed by atoms with Crippen molar-refractivity contribution < 1.29 is 19.4 Å². The molecule has 3 rings (SSSR count). The van der Waals surface area contributed by atoms with Gasteiger partial charge in [0.25, 0.3) is 11.8 Å². The average Bonchev–Trinajstić information content (AvgIpc) is 2.49. The Balaban J connectivity index is 1.82. The van der Waals surface area contributed by atoms with Crippen LogP contribution < -0.4 is 15.4 Å². The molecule has 22 heavy (non-hydrogen) atoms. The largest absolute Gasteiger partial charge is 0.506 e. The highest BCUT2D eigenvalue weighted by atomic mass is 16.5. The van der Waals surface area contributed by atoms with Gasteiger partial charge in [0.1, 0.15) is 11.5 Å². The number of nitrogens with one attached hydrogen (secondary N) is 2. The molecular formula is C16H14N2O4. The van der Waals surface area contributed by atoms with Crippen LogP contribution in [0.3, 0.4) is 0 Å². The summed E-state index contributed by atoms with van der Waals surface area (Å²) < 4.78 is 5.27. The van der Waals surface area contributed by atoms with Crippen LogP contribution >= 0.6 is 0 Å². The molecule has 0 spiro atoms. The van der Waals surface area contributed by atoms with Gasteiger partial charge in [-0.25, -0.2) is 0 Å². The minimum absolute atomic E-state index is 0.00910. The minimum Gasteiger partial charge on any atom is -0.506 e. The van der Waals surface area contributed by atoms with Gasteiger partial charge in [-0.3, -0.25) is 9.59 Å². The maximum atomic E-state index is 12.2. The molecule has 1 aliphatic heterocycles. The Bertz CT molecular complexity index is 771. The lowest BCUT2D eigenvalue weighted by Gasteiger charge is -2.18. The molecule has 2 amide bonds. The van der Waals surface area contributed by atoms with E-state index in [1.165, 1.54) is 0 Å². The van der Waals surface area contributed by atoms with Crippen molar-refractivity contribution in [3.05, 3.63) is 47.5 Å². The van der Waals surface area contributed by atoms with Crippen molar-refractivity contribution in [2.75, 3.05) is 17.2 Å². The minimum atomic E-state index is -0.373. The van der Waals surface area contributed by atoms with Gasteiger partial charge in [0.05, 0.1) is 11.4 Å². The zero-order valence-corrected chi connectivity index (χ0v) is 11.8. The van der Waals surface area contributed by atoms with Crippen molar-refractivity contribution in [1.82, 2.24) is 0 Å². The summed E-state index contributed by atoms with van der Waals surface area (Å²) in [5.41, 5.74) is 2.14. The summed E-state index contributed by atoms with van der Waals surface area (Å²) in [6.45, 7) is 1.78. The molecule has 0 aliphatic carbocycles. The molecular weight excluding hydrogens is 284 g/mol. The van der Waals surface area contributed by atoms with Crippen LogP contribution in [0, 0.1) is 6.92 Å². The number of benzene rings is 2. The predicted molar refractivity (Wildman–Crippen MR) is 81.4 cm³/mol. The number of aryl methyl sites for hydroxylation is 1. The SMILES string of the molecule is Cc1ccc(NC(=O)c2ccc3c(c2)OCC(=O)N3)c(O)c1. The van der Waals surface area contributed by atoms with Crippen molar-refractivity contribution in [2.45, 2.75) is 6.92 Å². The molecule has 0 saturated heterocycles. The second kappa shape index (κ2) is 5.40. The number of carbonyl (C=O) groups excluding carboxylic acids is 2. The van der Waals surface area contributed by atoms with Crippen LogP contribution in [0.2, 0.25) is 0 Å². The van der Waals surface area contributed by atoms with Gasteiger partial charge < -0.3 is 20.5 Å². The Labute approximate surface area is 126 Å². The number of amides is 2. The fraction of sp³-hybridized carbons (Fsp3) is 0.125. The zero-order valence-electron chi connectivity index (χ0n) is 11.8. The second-order valence-corrected chi connectivity index (χ2v) is 5.02. The standard InChI is InChI=1S/C16H14N2O4/c1-9-2-4-11(13(19)6-9)18-16(21)10-3-5-12-14(7-10)22-8-15(20)17-12/h2-7,19H,8H2,1H3,(H,17,20)(H,18,21). The van der Waals surface area contributed by atoms with Gasteiger partial charge in [-0.05, 0) is 42.8 Å². The van der Waals surface area contributed by atoms with E-state index in [0.29, 0.717) is 22.7 Å². The smallest absolute Gasteiger partial charge is 0.262 e. The number of anilines is 2. The lowest BCUT2D eigenvalue weighted by molar-refractivity contribution is -0.118. The number of fused-ring (bicyclic) bond motifs is 1. The number of phenols is 1. The quantitative estimate of drug-likeness (QED) is 0.742. The van der Waals surface area contributed by atoms with E-state index < -0.39 is 0 Å². The van der Waals surface area contributed by atoms with Gasteiger partial charge in [-0.15, -0.1) is 0 Å².